The van der Waals surface area contributed by atoms with Crippen LogP contribution in [0.1, 0.15) is 64.4 Å². The number of benzene rings is 1. The van der Waals surface area contributed by atoms with Crippen molar-refractivity contribution in [3.63, 3.8) is 0 Å². The van der Waals surface area contributed by atoms with E-state index in [2.05, 4.69) is 19.2 Å². The first-order valence-corrected chi connectivity index (χ1v) is 10.9. The standard InChI is InChI=1S/C24H29ClN2O2/c1-15-20(23(29)27-11-7-4-8-12-27)21(16-9-5-6-10-17(16)25)22-18(26-15)13-24(2,3)14-19(22)28/h5-6,9-10,21,26H,4,7-8,11-14H2,1-3H3/t21-/m1/s1. The van der Waals surface area contributed by atoms with Gasteiger partial charge in [0.1, 0.15) is 0 Å². The topological polar surface area (TPSA) is 49.4 Å². The van der Waals surface area contributed by atoms with Gasteiger partial charge in [-0.15, -0.1) is 0 Å². The van der Waals surface area contributed by atoms with Crippen molar-refractivity contribution in [1.82, 2.24) is 10.2 Å². The molecule has 1 atom stereocenters. The minimum atomic E-state index is -0.405. The number of nitrogens with one attached hydrogen (secondary N) is 1. The Balaban J connectivity index is 1.85. The molecule has 1 aromatic carbocycles. The Kier molecular flexibility index (Phi) is 5.32. The van der Waals surface area contributed by atoms with Crippen LogP contribution in [-0.2, 0) is 9.59 Å². The fourth-order valence-electron chi connectivity index (χ4n) is 5.01. The number of dihydropyridines is 1. The molecule has 154 valence electrons. The van der Waals surface area contributed by atoms with Crippen LogP contribution in [0.25, 0.3) is 0 Å². The van der Waals surface area contributed by atoms with Crippen LogP contribution in [0, 0.1) is 5.41 Å². The Morgan fingerprint density at radius 1 is 1.14 bits per heavy atom. The van der Waals surface area contributed by atoms with Crippen molar-refractivity contribution >= 4 is 23.3 Å². The van der Waals surface area contributed by atoms with Gasteiger partial charge >= 0.3 is 0 Å². The van der Waals surface area contributed by atoms with E-state index in [9.17, 15) is 9.59 Å². The van der Waals surface area contributed by atoms with E-state index in [1.165, 1.54) is 0 Å². The van der Waals surface area contributed by atoms with E-state index >= 15 is 0 Å². The lowest BCUT2D eigenvalue weighted by molar-refractivity contribution is -0.128. The van der Waals surface area contributed by atoms with Crippen LogP contribution in [0.3, 0.4) is 0 Å². The highest BCUT2D eigenvalue weighted by molar-refractivity contribution is 6.31. The van der Waals surface area contributed by atoms with Crippen LogP contribution in [0.2, 0.25) is 5.02 Å². The first-order valence-electron chi connectivity index (χ1n) is 10.6. The number of ketones is 1. The number of nitrogens with zero attached hydrogens (tertiary/aromatic N) is 1. The number of rotatable bonds is 2. The summed E-state index contributed by atoms with van der Waals surface area (Å²) in [5.41, 5.74) is 3.94. The minimum absolute atomic E-state index is 0.0313. The van der Waals surface area contributed by atoms with Crippen molar-refractivity contribution in [1.29, 1.82) is 0 Å². The van der Waals surface area contributed by atoms with Crippen LogP contribution in [0.15, 0.2) is 46.8 Å². The summed E-state index contributed by atoms with van der Waals surface area (Å²) in [5, 5.41) is 4.04. The van der Waals surface area contributed by atoms with Gasteiger partial charge < -0.3 is 10.2 Å². The summed E-state index contributed by atoms with van der Waals surface area (Å²) in [4.78, 5) is 28.9. The number of halogens is 1. The maximum absolute atomic E-state index is 13.6. The van der Waals surface area contributed by atoms with Crippen LogP contribution in [0.4, 0.5) is 0 Å². The Morgan fingerprint density at radius 2 is 1.83 bits per heavy atom. The van der Waals surface area contributed by atoms with Gasteiger partial charge in [-0.25, -0.2) is 0 Å². The second-order valence-electron chi connectivity index (χ2n) is 9.30. The molecule has 3 aliphatic rings. The normalized spacial score (nSPS) is 24.3. The lowest BCUT2D eigenvalue weighted by atomic mass is 9.68. The van der Waals surface area contributed by atoms with Gasteiger partial charge in [0.25, 0.3) is 5.91 Å². The highest BCUT2D eigenvalue weighted by Crippen LogP contribution is 2.48. The smallest absolute Gasteiger partial charge is 0.252 e. The molecule has 0 spiro atoms. The van der Waals surface area contributed by atoms with Crippen molar-refractivity contribution < 1.29 is 9.59 Å². The second kappa shape index (κ2) is 7.64. The molecule has 2 aliphatic heterocycles. The average Bonchev–Trinajstić information content (AvgIpc) is 2.66. The molecule has 0 bridgehead atoms. The minimum Gasteiger partial charge on any atom is -0.362 e. The molecular weight excluding hydrogens is 384 g/mol. The maximum Gasteiger partial charge on any atom is 0.252 e. The van der Waals surface area contributed by atoms with Crippen LogP contribution >= 0.6 is 11.6 Å². The Morgan fingerprint density at radius 3 is 2.52 bits per heavy atom. The lowest BCUT2D eigenvalue weighted by Crippen LogP contribution is -2.43. The van der Waals surface area contributed by atoms with Crippen molar-refractivity contribution in [2.45, 2.75) is 58.8 Å². The van der Waals surface area contributed by atoms with Gasteiger partial charge in [-0.1, -0.05) is 43.6 Å². The number of piperidine rings is 1. The van der Waals surface area contributed by atoms with Gasteiger partial charge in [0.05, 0.1) is 0 Å². The Hall–Kier alpha value is -2.07. The van der Waals surface area contributed by atoms with Crippen molar-refractivity contribution in [3.05, 3.63) is 57.4 Å². The molecule has 1 aromatic rings. The van der Waals surface area contributed by atoms with E-state index in [0.29, 0.717) is 17.0 Å². The molecule has 1 fully saturated rings. The molecule has 1 saturated heterocycles. The predicted molar refractivity (Wildman–Crippen MR) is 116 cm³/mol. The fraction of sp³-hybridized carbons (Fsp3) is 0.500. The molecule has 5 heteroatoms. The molecule has 0 radical (unpaired) electrons. The number of Topliss-reactive ketones (excluding diaryl/α,β-unsaturated/α-hetero) is 1. The third-order valence-electron chi connectivity index (χ3n) is 6.33. The molecule has 1 aliphatic carbocycles. The molecule has 0 aromatic heterocycles. The summed E-state index contributed by atoms with van der Waals surface area (Å²) in [6, 6.07) is 7.61. The van der Waals surface area contributed by atoms with E-state index in [4.69, 9.17) is 11.6 Å². The maximum atomic E-state index is 13.6. The zero-order chi connectivity index (χ0) is 20.8. The SMILES string of the molecule is CC1=C(C(=O)N2CCCCC2)[C@@H](c2ccccc2Cl)C2=C(CC(C)(C)CC2=O)N1. The summed E-state index contributed by atoms with van der Waals surface area (Å²) < 4.78 is 0. The lowest BCUT2D eigenvalue weighted by Gasteiger charge is -2.41. The molecular formula is C24H29ClN2O2. The van der Waals surface area contributed by atoms with Crippen molar-refractivity contribution in [3.8, 4) is 0 Å². The third kappa shape index (κ3) is 3.75. The number of likely N-dealkylation sites (tertiary alicyclic amines) is 1. The zero-order valence-electron chi connectivity index (χ0n) is 17.5. The number of carbonyl (C=O) groups excluding carboxylic acids is 2. The number of amides is 1. The van der Waals surface area contributed by atoms with Crippen LogP contribution < -0.4 is 5.32 Å². The molecule has 1 amide bonds. The van der Waals surface area contributed by atoms with Crippen molar-refractivity contribution in [2.24, 2.45) is 5.41 Å². The Labute approximate surface area is 178 Å². The van der Waals surface area contributed by atoms with E-state index < -0.39 is 5.92 Å². The van der Waals surface area contributed by atoms with E-state index in [1.54, 1.807) is 0 Å². The average molecular weight is 413 g/mol. The van der Waals surface area contributed by atoms with E-state index in [1.807, 2.05) is 36.1 Å². The number of allylic oxidation sites excluding steroid dienone is 3. The first kappa shape index (κ1) is 20.2. The number of hydrogen-bond donors (Lipinski definition) is 1. The van der Waals surface area contributed by atoms with Crippen LogP contribution in [-0.4, -0.2) is 29.7 Å². The molecule has 4 nitrogen and oxygen atoms in total. The van der Waals surface area contributed by atoms with Gasteiger partial charge in [0.2, 0.25) is 0 Å². The van der Waals surface area contributed by atoms with Gasteiger partial charge in [-0.05, 0) is 49.7 Å². The van der Waals surface area contributed by atoms with Crippen molar-refractivity contribution in [2.75, 3.05) is 13.1 Å². The summed E-state index contributed by atoms with van der Waals surface area (Å²) >= 11 is 6.59. The molecule has 0 unspecified atom stereocenters. The van der Waals surface area contributed by atoms with E-state index in [-0.39, 0.29) is 17.1 Å². The summed E-state index contributed by atoms with van der Waals surface area (Å²) in [6.45, 7) is 7.75. The number of hydrogen-bond acceptors (Lipinski definition) is 3. The fourth-order valence-corrected chi connectivity index (χ4v) is 5.25. The van der Waals surface area contributed by atoms with Gasteiger partial charge in [0, 0.05) is 53.0 Å². The summed E-state index contributed by atoms with van der Waals surface area (Å²) in [7, 11) is 0. The molecule has 4 rings (SSSR count). The molecule has 0 saturated carbocycles. The van der Waals surface area contributed by atoms with E-state index in [0.717, 1.165) is 61.3 Å². The second-order valence-corrected chi connectivity index (χ2v) is 9.71. The van der Waals surface area contributed by atoms with Crippen LogP contribution in [0.5, 0.6) is 0 Å². The molecule has 29 heavy (non-hydrogen) atoms. The van der Waals surface area contributed by atoms with Gasteiger partial charge in [-0.3, -0.25) is 9.59 Å². The van der Waals surface area contributed by atoms with Gasteiger partial charge in [-0.2, -0.15) is 0 Å². The molecule has 1 N–H and O–H groups in total. The highest BCUT2D eigenvalue weighted by Gasteiger charge is 2.44. The largest absolute Gasteiger partial charge is 0.362 e. The summed E-state index contributed by atoms with van der Waals surface area (Å²) in [5.74, 6) is -0.258. The zero-order valence-corrected chi connectivity index (χ0v) is 18.2. The first-order chi connectivity index (χ1) is 13.8. The van der Waals surface area contributed by atoms with Gasteiger partial charge in [0.15, 0.2) is 5.78 Å². The number of carbonyl (C=O) groups is 2. The Bertz CT molecular complexity index is 923. The summed E-state index contributed by atoms with van der Waals surface area (Å²) in [6.07, 6.45) is 4.50. The third-order valence-corrected chi connectivity index (χ3v) is 6.67. The monoisotopic (exact) mass is 412 g/mol. The molecule has 2 heterocycles. The highest BCUT2D eigenvalue weighted by atomic mass is 35.5. The predicted octanol–water partition coefficient (Wildman–Crippen LogP) is 4.96. The quantitative estimate of drug-likeness (QED) is 0.747.